The van der Waals surface area contributed by atoms with Gasteiger partial charge in [-0.25, -0.2) is 0 Å². The molecule has 0 saturated heterocycles. The van der Waals surface area contributed by atoms with Crippen LogP contribution in [0, 0.1) is 0 Å². The third-order valence-electron chi connectivity index (χ3n) is 1.99. The molecule has 0 N–H and O–H groups in total. The number of halogens is 2. The van der Waals surface area contributed by atoms with Crippen LogP contribution in [0.25, 0.3) is 0 Å². The first-order chi connectivity index (χ1) is 5.91. The monoisotopic (exact) mass is 189 g/mol. The minimum Gasteiger partial charge on any atom is -0.333 e. The highest BCUT2D eigenvalue weighted by molar-refractivity contribution is 5.83. The summed E-state index contributed by atoms with van der Waals surface area (Å²) in [6.45, 7) is 3.22. The van der Waals surface area contributed by atoms with Crippen molar-refractivity contribution in [3.8, 4) is 0 Å². The van der Waals surface area contributed by atoms with Gasteiger partial charge in [0.1, 0.15) is 0 Å². The van der Waals surface area contributed by atoms with Gasteiger partial charge in [-0.1, -0.05) is 11.6 Å². The van der Waals surface area contributed by atoms with Crippen molar-refractivity contribution >= 4 is 5.91 Å². The molecule has 0 aromatic rings. The van der Waals surface area contributed by atoms with Crippen LogP contribution in [0.15, 0.2) is 11.6 Å². The summed E-state index contributed by atoms with van der Waals surface area (Å²) >= 11 is 0. The fourth-order valence-electron chi connectivity index (χ4n) is 1.36. The summed E-state index contributed by atoms with van der Waals surface area (Å²) in [7, 11) is 0. The molecule has 0 fully saturated rings. The van der Waals surface area contributed by atoms with Crippen molar-refractivity contribution in [3.05, 3.63) is 11.6 Å². The van der Waals surface area contributed by atoms with Crippen molar-refractivity contribution < 1.29 is 13.6 Å². The second-order valence-electron chi connectivity index (χ2n) is 3.45. The SMILES string of the molecule is CC1=CCCN(C(=O)C(C)(F)F)C1. The molecule has 1 rings (SSSR count). The van der Waals surface area contributed by atoms with Gasteiger partial charge < -0.3 is 4.90 Å². The number of hydrogen-bond acceptors (Lipinski definition) is 1. The second kappa shape index (κ2) is 3.44. The van der Waals surface area contributed by atoms with Crippen LogP contribution in [0.4, 0.5) is 8.78 Å². The number of alkyl halides is 2. The molecule has 13 heavy (non-hydrogen) atoms. The summed E-state index contributed by atoms with van der Waals surface area (Å²) < 4.78 is 25.2. The van der Waals surface area contributed by atoms with E-state index in [1.54, 1.807) is 0 Å². The zero-order valence-electron chi connectivity index (χ0n) is 7.81. The van der Waals surface area contributed by atoms with E-state index in [2.05, 4.69) is 0 Å². The molecule has 4 heteroatoms. The standard InChI is InChI=1S/C9H13F2NO/c1-7-4-3-5-12(6-7)8(13)9(2,10)11/h4H,3,5-6H2,1-2H3. The smallest absolute Gasteiger partial charge is 0.322 e. The van der Waals surface area contributed by atoms with Gasteiger partial charge in [0.2, 0.25) is 0 Å². The van der Waals surface area contributed by atoms with Crippen LogP contribution in [0.2, 0.25) is 0 Å². The van der Waals surface area contributed by atoms with Gasteiger partial charge in [-0.15, -0.1) is 0 Å². The lowest BCUT2D eigenvalue weighted by molar-refractivity contribution is -0.154. The van der Waals surface area contributed by atoms with Crippen molar-refractivity contribution in [2.45, 2.75) is 26.2 Å². The normalized spacial score (nSPS) is 18.5. The van der Waals surface area contributed by atoms with E-state index in [1.807, 2.05) is 13.0 Å². The average Bonchev–Trinajstić information content (AvgIpc) is 2.01. The van der Waals surface area contributed by atoms with Crippen LogP contribution in [0.3, 0.4) is 0 Å². The maximum absolute atomic E-state index is 12.6. The van der Waals surface area contributed by atoms with Gasteiger partial charge in [0.25, 0.3) is 5.91 Å². The van der Waals surface area contributed by atoms with Gasteiger partial charge in [0.15, 0.2) is 0 Å². The highest BCUT2D eigenvalue weighted by atomic mass is 19.3. The second-order valence-corrected chi connectivity index (χ2v) is 3.45. The lowest BCUT2D eigenvalue weighted by Crippen LogP contribution is -2.44. The molecule has 0 spiro atoms. The molecule has 1 heterocycles. The largest absolute Gasteiger partial charge is 0.333 e. The van der Waals surface area contributed by atoms with Crippen molar-refractivity contribution in [2.75, 3.05) is 13.1 Å². The van der Waals surface area contributed by atoms with Crippen LogP contribution < -0.4 is 0 Å². The summed E-state index contributed by atoms with van der Waals surface area (Å²) in [4.78, 5) is 12.3. The van der Waals surface area contributed by atoms with E-state index in [0.717, 1.165) is 5.57 Å². The molecule has 0 bridgehead atoms. The Balaban J connectivity index is 2.65. The number of carbonyl (C=O) groups excluding carboxylic acids is 1. The van der Waals surface area contributed by atoms with Gasteiger partial charge in [0.05, 0.1) is 0 Å². The quantitative estimate of drug-likeness (QED) is 0.576. The van der Waals surface area contributed by atoms with Crippen LogP contribution in [-0.2, 0) is 4.79 Å². The van der Waals surface area contributed by atoms with E-state index in [0.29, 0.717) is 26.4 Å². The summed E-state index contributed by atoms with van der Waals surface area (Å²) in [5.41, 5.74) is 0.976. The molecular formula is C9H13F2NO. The first-order valence-corrected chi connectivity index (χ1v) is 4.24. The average molecular weight is 189 g/mol. The molecule has 74 valence electrons. The van der Waals surface area contributed by atoms with Gasteiger partial charge in [0, 0.05) is 20.0 Å². The van der Waals surface area contributed by atoms with Crippen molar-refractivity contribution in [3.63, 3.8) is 0 Å². The first kappa shape index (κ1) is 10.2. The minimum atomic E-state index is -3.24. The number of amides is 1. The number of rotatable bonds is 1. The van der Waals surface area contributed by atoms with Gasteiger partial charge in [-0.2, -0.15) is 8.78 Å². The third kappa shape index (κ3) is 2.50. The maximum atomic E-state index is 12.6. The number of nitrogens with zero attached hydrogens (tertiary/aromatic N) is 1. The van der Waals surface area contributed by atoms with E-state index in [1.165, 1.54) is 4.90 Å². The Morgan fingerprint density at radius 3 is 2.69 bits per heavy atom. The van der Waals surface area contributed by atoms with E-state index in [-0.39, 0.29) is 0 Å². The van der Waals surface area contributed by atoms with Crippen LogP contribution in [-0.4, -0.2) is 29.8 Å². The molecule has 0 unspecified atom stereocenters. The Morgan fingerprint density at radius 1 is 1.62 bits per heavy atom. The van der Waals surface area contributed by atoms with Gasteiger partial charge in [-0.05, 0) is 13.3 Å². The fourth-order valence-corrected chi connectivity index (χ4v) is 1.36. The number of hydrogen-bond donors (Lipinski definition) is 0. The summed E-state index contributed by atoms with van der Waals surface area (Å²) in [5.74, 6) is -4.31. The van der Waals surface area contributed by atoms with Crippen molar-refractivity contribution in [1.29, 1.82) is 0 Å². The third-order valence-corrected chi connectivity index (χ3v) is 1.99. The molecule has 0 atom stereocenters. The van der Waals surface area contributed by atoms with Gasteiger partial charge in [-0.3, -0.25) is 4.79 Å². The highest BCUT2D eigenvalue weighted by Gasteiger charge is 2.36. The first-order valence-electron chi connectivity index (χ1n) is 4.24. The molecular weight excluding hydrogens is 176 g/mol. The zero-order chi connectivity index (χ0) is 10.1. The Kier molecular flexibility index (Phi) is 2.68. The highest BCUT2D eigenvalue weighted by Crippen LogP contribution is 2.19. The molecule has 0 aromatic carbocycles. The lowest BCUT2D eigenvalue weighted by atomic mass is 10.1. The minimum absolute atomic E-state index is 0.336. The molecule has 2 nitrogen and oxygen atoms in total. The Hall–Kier alpha value is -0.930. The summed E-state index contributed by atoms with van der Waals surface area (Å²) in [6, 6.07) is 0. The number of carbonyl (C=O) groups is 1. The summed E-state index contributed by atoms with van der Waals surface area (Å²) in [6.07, 6.45) is 2.64. The Labute approximate surface area is 76.2 Å². The van der Waals surface area contributed by atoms with E-state index >= 15 is 0 Å². The fraction of sp³-hybridized carbons (Fsp3) is 0.667. The predicted molar refractivity (Wildman–Crippen MR) is 45.6 cm³/mol. The van der Waals surface area contributed by atoms with E-state index in [4.69, 9.17) is 0 Å². The lowest BCUT2D eigenvalue weighted by Gasteiger charge is -2.28. The predicted octanol–water partition coefficient (Wildman–Crippen LogP) is 1.82. The van der Waals surface area contributed by atoms with Crippen LogP contribution >= 0.6 is 0 Å². The Morgan fingerprint density at radius 2 is 2.23 bits per heavy atom. The van der Waals surface area contributed by atoms with Crippen LogP contribution in [0.1, 0.15) is 20.3 Å². The Bertz CT molecular complexity index is 242. The molecule has 0 aliphatic carbocycles. The molecule has 1 aliphatic rings. The molecule has 0 saturated carbocycles. The van der Waals surface area contributed by atoms with Crippen molar-refractivity contribution in [1.82, 2.24) is 4.90 Å². The van der Waals surface area contributed by atoms with Gasteiger partial charge >= 0.3 is 5.92 Å². The maximum Gasteiger partial charge on any atom is 0.322 e. The van der Waals surface area contributed by atoms with Crippen LogP contribution in [0.5, 0.6) is 0 Å². The molecule has 0 aromatic heterocycles. The zero-order valence-corrected chi connectivity index (χ0v) is 7.81. The molecule has 1 amide bonds. The van der Waals surface area contributed by atoms with Crippen molar-refractivity contribution in [2.24, 2.45) is 0 Å². The van der Waals surface area contributed by atoms with E-state index < -0.39 is 11.8 Å². The van der Waals surface area contributed by atoms with E-state index in [9.17, 15) is 13.6 Å². The topological polar surface area (TPSA) is 20.3 Å². The molecule has 1 aliphatic heterocycles. The molecule has 0 radical (unpaired) electrons. The summed E-state index contributed by atoms with van der Waals surface area (Å²) in [5, 5.41) is 0.